The van der Waals surface area contributed by atoms with E-state index in [1.54, 1.807) is 19.2 Å². The molecule has 1 unspecified atom stereocenters. The second-order valence-corrected chi connectivity index (χ2v) is 5.25. The second-order valence-electron chi connectivity index (χ2n) is 5.25. The summed E-state index contributed by atoms with van der Waals surface area (Å²) >= 11 is 0. The van der Waals surface area contributed by atoms with E-state index in [2.05, 4.69) is 5.32 Å². The topological polar surface area (TPSA) is 78.6 Å². The number of piperidine rings is 1. The fourth-order valence-electron chi connectivity index (χ4n) is 2.80. The lowest BCUT2D eigenvalue weighted by molar-refractivity contribution is -0.383. The molecule has 0 radical (unpaired) electrons. The van der Waals surface area contributed by atoms with Crippen LogP contribution in [0, 0.1) is 16.0 Å². The van der Waals surface area contributed by atoms with Crippen molar-refractivity contribution in [3.8, 4) is 0 Å². The lowest BCUT2D eigenvalue weighted by Gasteiger charge is -2.34. The van der Waals surface area contributed by atoms with Crippen LogP contribution in [0.2, 0.25) is 0 Å². The molecule has 1 aliphatic rings. The summed E-state index contributed by atoms with van der Waals surface area (Å²) in [7, 11) is 1.69. The van der Waals surface area contributed by atoms with Gasteiger partial charge in [0.1, 0.15) is 11.4 Å². The fraction of sp³-hybridized carbons (Fsp3) is 0.571. The van der Waals surface area contributed by atoms with E-state index >= 15 is 0 Å². The van der Waals surface area contributed by atoms with E-state index in [1.807, 2.05) is 17.9 Å². The third-order valence-electron chi connectivity index (χ3n) is 4.03. The molecule has 110 valence electrons. The molecular formula is C14H21N3O3. The predicted octanol–water partition coefficient (Wildman–Crippen LogP) is 2.23. The maximum atomic E-state index is 11.3. The van der Waals surface area contributed by atoms with Crippen LogP contribution in [0.5, 0.6) is 0 Å². The molecular weight excluding hydrogens is 258 g/mol. The molecule has 1 saturated heterocycles. The predicted molar refractivity (Wildman–Crippen MR) is 79.3 cm³/mol. The first-order valence-corrected chi connectivity index (χ1v) is 6.92. The van der Waals surface area contributed by atoms with Crippen molar-refractivity contribution >= 4 is 17.1 Å². The van der Waals surface area contributed by atoms with E-state index in [9.17, 15) is 15.2 Å². The molecule has 0 bridgehead atoms. The van der Waals surface area contributed by atoms with E-state index in [-0.39, 0.29) is 22.6 Å². The number of nitrogens with one attached hydrogen (secondary N) is 1. The van der Waals surface area contributed by atoms with Crippen LogP contribution in [0.25, 0.3) is 0 Å². The molecule has 0 saturated carbocycles. The Bertz CT molecular complexity index is 483. The van der Waals surface area contributed by atoms with E-state index in [1.165, 1.54) is 0 Å². The lowest BCUT2D eigenvalue weighted by atomic mass is 9.92. The zero-order chi connectivity index (χ0) is 14.7. The van der Waals surface area contributed by atoms with Crippen LogP contribution in [0.4, 0.5) is 17.1 Å². The Balaban J connectivity index is 2.24. The summed E-state index contributed by atoms with van der Waals surface area (Å²) in [5, 5.41) is 23.8. The van der Waals surface area contributed by atoms with Crippen LogP contribution in [-0.4, -0.2) is 36.3 Å². The number of benzene rings is 1. The van der Waals surface area contributed by atoms with E-state index < -0.39 is 0 Å². The zero-order valence-electron chi connectivity index (χ0n) is 11.9. The molecule has 1 heterocycles. The van der Waals surface area contributed by atoms with Crippen molar-refractivity contribution in [2.75, 3.05) is 30.4 Å². The van der Waals surface area contributed by atoms with Gasteiger partial charge in [-0.1, -0.05) is 6.07 Å². The summed E-state index contributed by atoms with van der Waals surface area (Å²) in [5.74, 6) is 0.290. The van der Waals surface area contributed by atoms with Gasteiger partial charge in [0.15, 0.2) is 0 Å². The highest BCUT2D eigenvalue weighted by Gasteiger charge is 2.28. The number of aliphatic hydroxyl groups excluding tert-OH is 1. The maximum Gasteiger partial charge on any atom is 0.315 e. The number of hydrogen-bond donors (Lipinski definition) is 2. The van der Waals surface area contributed by atoms with E-state index in [0.29, 0.717) is 11.4 Å². The van der Waals surface area contributed by atoms with Crippen LogP contribution in [0.15, 0.2) is 18.2 Å². The molecule has 0 spiro atoms. The van der Waals surface area contributed by atoms with Crippen molar-refractivity contribution in [3.63, 3.8) is 0 Å². The minimum atomic E-state index is -0.331. The number of anilines is 2. The molecule has 1 atom stereocenters. The third kappa shape index (κ3) is 2.85. The molecule has 6 nitrogen and oxygen atoms in total. The molecule has 1 aliphatic heterocycles. The van der Waals surface area contributed by atoms with Gasteiger partial charge in [0.05, 0.1) is 11.0 Å². The number of nitro benzene ring substituents is 1. The number of hydrogen-bond acceptors (Lipinski definition) is 5. The average Bonchev–Trinajstić information content (AvgIpc) is 2.46. The van der Waals surface area contributed by atoms with Gasteiger partial charge in [-0.3, -0.25) is 10.1 Å². The molecule has 0 aliphatic carbocycles. The van der Waals surface area contributed by atoms with E-state index in [0.717, 1.165) is 25.9 Å². The zero-order valence-corrected chi connectivity index (χ0v) is 11.9. The Kier molecular flexibility index (Phi) is 4.44. The molecule has 2 N–H and O–H groups in total. The standard InChI is InChI=1S/C14H21N3O3/c1-10(18)11-6-8-16(9-7-11)13-5-3-4-12(15-2)14(13)17(19)20/h3-5,10-11,15,18H,6-9H2,1-2H3. The molecule has 6 heteroatoms. The Morgan fingerprint density at radius 3 is 2.60 bits per heavy atom. The van der Waals surface area contributed by atoms with Crippen molar-refractivity contribution in [3.05, 3.63) is 28.3 Å². The van der Waals surface area contributed by atoms with Crippen molar-refractivity contribution in [2.45, 2.75) is 25.9 Å². The fourth-order valence-corrected chi connectivity index (χ4v) is 2.80. The van der Waals surface area contributed by atoms with Gasteiger partial charge in [-0.2, -0.15) is 0 Å². The van der Waals surface area contributed by atoms with Crippen molar-refractivity contribution < 1.29 is 10.0 Å². The van der Waals surface area contributed by atoms with Crippen LogP contribution in [-0.2, 0) is 0 Å². The monoisotopic (exact) mass is 279 g/mol. The minimum absolute atomic E-state index is 0.130. The van der Waals surface area contributed by atoms with Crippen molar-refractivity contribution in [1.82, 2.24) is 0 Å². The minimum Gasteiger partial charge on any atom is -0.393 e. The highest BCUT2D eigenvalue weighted by atomic mass is 16.6. The summed E-state index contributed by atoms with van der Waals surface area (Å²) in [6.07, 6.45) is 1.41. The maximum absolute atomic E-state index is 11.3. The molecule has 1 aromatic carbocycles. The first-order valence-electron chi connectivity index (χ1n) is 6.92. The van der Waals surface area contributed by atoms with Gasteiger partial charge < -0.3 is 15.3 Å². The SMILES string of the molecule is CNc1cccc(N2CCC(C(C)O)CC2)c1[N+](=O)[O-]. The van der Waals surface area contributed by atoms with Gasteiger partial charge in [0, 0.05) is 20.1 Å². The molecule has 0 aromatic heterocycles. The summed E-state index contributed by atoms with van der Waals surface area (Å²) in [5.41, 5.74) is 1.32. The molecule has 1 aromatic rings. The number of nitrogens with zero attached hydrogens (tertiary/aromatic N) is 2. The summed E-state index contributed by atoms with van der Waals surface area (Å²) in [6.45, 7) is 3.29. The molecule has 2 rings (SSSR count). The van der Waals surface area contributed by atoms with Gasteiger partial charge in [0.25, 0.3) is 0 Å². The summed E-state index contributed by atoms with van der Waals surface area (Å²) in [6, 6.07) is 5.33. The first kappa shape index (κ1) is 14.6. The number of rotatable bonds is 4. The largest absolute Gasteiger partial charge is 0.393 e. The summed E-state index contributed by atoms with van der Waals surface area (Å²) < 4.78 is 0. The smallest absolute Gasteiger partial charge is 0.315 e. The van der Waals surface area contributed by atoms with Crippen molar-refractivity contribution in [1.29, 1.82) is 0 Å². The van der Waals surface area contributed by atoms with Crippen LogP contribution in [0.1, 0.15) is 19.8 Å². The normalized spacial score (nSPS) is 17.9. The van der Waals surface area contributed by atoms with Gasteiger partial charge in [-0.05, 0) is 37.8 Å². The van der Waals surface area contributed by atoms with Gasteiger partial charge in [0.2, 0.25) is 0 Å². The summed E-state index contributed by atoms with van der Waals surface area (Å²) in [4.78, 5) is 13.0. The van der Waals surface area contributed by atoms with Gasteiger partial charge >= 0.3 is 5.69 Å². The van der Waals surface area contributed by atoms with E-state index in [4.69, 9.17) is 0 Å². The third-order valence-corrected chi connectivity index (χ3v) is 4.03. The average molecular weight is 279 g/mol. The second kappa shape index (κ2) is 6.09. The molecule has 0 amide bonds. The Labute approximate surface area is 118 Å². The molecule has 1 fully saturated rings. The Morgan fingerprint density at radius 2 is 2.10 bits per heavy atom. The lowest BCUT2D eigenvalue weighted by Crippen LogP contribution is -2.37. The Morgan fingerprint density at radius 1 is 1.45 bits per heavy atom. The highest BCUT2D eigenvalue weighted by molar-refractivity contribution is 5.77. The van der Waals surface area contributed by atoms with Crippen LogP contribution in [0.3, 0.4) is 0 Å². The van der Waals surface area contributed by atoms with Crippen molar-refractivity contribution in [2.24, 2.45) is 5.92 Å². The number of nitro groups is 1. The van der Waals surface area contributed by atoms with Gasteiger partial charge in [-0.25, -0.2) is 0 Å². The van der Waals surface area contributed by atoms with Gasteiger partial charge in [-0.15, -0.1) is 0 Å². The van der Waals surface area contributed by atoms with Crippen LogP contribution < -0.4 is 10.2 Å². The van der Waals surface area contributed by atoms with Crippen LogP contribution >= 0.6 is 0 Å². The number of para-hydroxylation sites is 1. The number of aliphatic hydroxyl groups is 1. The highest BCUT2D eigenvalue weighted by Crippen LogP contribution is 2.37. The quantitative estimate of drug-likeness (QED) is 0.652. The Hall–Kier alpha value is -1.82. The first-order chi connectivity index (χ1) is 9.54. The molecule has 20 heavy (non-hydrogen) atoms.